The molecule has 1 aliphatic carbocycles. The summed E-state index contributed by atoms with van der Waals surface area (Å²) in [5.41, 5.74) is 0. The van der Waals surface area contributed by atoms with Crippen molar-refractivity contribution in [1.29, 1.82) is 0 Å². The van der Waals surface area contributed by atoms with Crippen LogP contribution in [0.25, 0.3) is 0 Å². The summed E-state index contributed by atoms with van der Waals surface area (Å²) in [4.78, 5) is 17.0. The lowest BCUT2D eigenvalue weighted by molar-refractivity contribution is -0.119. The van der Waals surface area contributed by atoms with E-state index < -0.39 is 0 Å². The number of nitrogens with zero attached hydrogens (tertiary/aromatic N) is 1. The van der Waals surface area contributed by atoms with Gasteiger partial charge in [0.2, 0.25) is 5.91 Å². The highest BCUT2D eigenvalue weighted by Crippen LogP contribution is 2.36. The van der Waals surface area contributed by atoms with Crippen LogP contribution in [-0.2, 0) is 4.79 Å². The Balaban J connectivity index is 1.60. The van der Waals surface area contributed by atoms with Crippen molar-refractivity contribution in [2.45, 2.75) is 50.5 Å². The maximum Gasteiger partial charge on any atom is 0.222 e. The number of thiazole rings is 1. The number of nitrogens with one attached hydrogen (secondary N) is 2. The Morgan fingerprint density at radius 3 is 2.89 bits per heavy atom. The molecule has 1 aromatic rings. The van der Waals surface area contributed by atoms with Crippen molar-refractivity contribution in [3.8, 4) is 0 Å². The normalized spacial score (nSPS) is 25.1. The summed E-state index contributed by atoms with van der Waals surface area (Å²) in [5.74, 6) is 0.853. The lowest BCUT2D eigenvalue weighted by atomic mass is 9.89. The molecule has 98 valence electrons. The average molecular weight is 265 g/mol. The SMILES string of the molecule is O=C1CC(Nc2ncc(C3CCCCC3)s2)CN1. The molecule has 0 bridgehead atoms. The molecule has 3 rings (SSSR count). The fourth-order valence-corrected chi connectivity index (χ4v) is 3.87. The number of anilines is 1. The van der Waals surface area contributed by atoms with Gasteiger partial charge in [-0.2, -0.15) is 0 Å². The summed E-state index contributed by atoms with van der Waals surface area (Å²) in [6.07, 6.45) is 9.30. The van der Waals surface area contributed by atoms with Crippen LogP contribution in [0.15, 0.2) is 6.20 Å². The molecule has 0 aromatic carbocycles. The van der Waals surface area contributed by atoms with Crippen molar-refractivity contribution in [1.82, 2.24) is 10.3 Å². The lowest BCUT2D eigenvalue weighted by Gasteiger charge is -2.19. The smallest absolute Gasteiger partial charge is 0.222 e. The van der Waals surface area contributed by atoms with Gasteiger partial charge in [0.05, 0.1) is 6.04 Å². The Bertz CT molecular complexity index is 426. The van der Waals surface area contributed by atoms with E-state index in [4.69, 9.17) is 0 Å². The molecular weight excluding hydrogens is 246 g/mol. The third-order valence-electron chi connectivity index (χ3n) is 3.84. The van der Waals surface area contributed by atoms with Gasteiger partial charge in [0, 0.05) is 24.0 Å². The molecule has 2 N–H and O–H groups in total. The maximum absolute atomic E-state index is 11.1. The van der Waals surface area contributed by atoms with Crippen LogP contribution >= 0.6 is 11.3 Å². The molecule has 1 atom stereocenters. The zero-order chi connectivity index (χ0) is 12.4. The summed E-state index contributed by atoms with van der Waals surface area (Å²) in [6, 6.07) is 0.211. The van der Waals surface area contributed by atoms with E-state index in [1.807, 2.05) is 6.20 Å². The van der Waals surface area contributed by atoms with Crippen LogP contribution in [0.1, 0.15) is 49.3 Å². The van der Waals surface area contributed by atoms with Crippen LogP contribution < -0.4 is 10.6 Å². The Kier molecular flexibility index (Phi) is 3.50. The summed E-state index contributed by atoms with van der Waals surface area (Å²) in [5, 5.41) is 7.16. The number of hydrogen-bond donors (Lipinski definition) is 2. The van der Waals surface area contributed by atoms with Gasteiger partial charge in [0.1, 0.15) is 0 Å². The van der Waals surface area contributed by atoms with Crippen LogP contribution in [0.2, 0.25) is 0 Å². The van der Waals surface area contributed by atoms with Crippen LogP contribution in [0.4, 0.5) is 5.13 Å². The minimum atomic E-state index is 0.136. The van der Waals surface area contributed by atoms with Gasteiger partial charge in [0.25, 0.3) is 0 Å². The second kappa shape index (κ2) is 5.26. The van der Waals surface area contributed by atoms with E-state index in [9.17, 15) is 4.79 Å². The molecule has 1 amide bonds. The average Bonchev–Trinajstić information content (AvgIpc) is 3.01. The summed E-state index contributed by atoms with van der Waals surface area (Å²) in [6.45, 7) is 0.719. The molecule has 2 aliphatic rings. The van der Waals surface area contributed by atoms with E-state index in [-0.39, 0.29) is 11.9 Å². The topological polar surface area (TPSA) is 54.0 Å². The third-order valence-corrected chi connectivity index (χ3v) is 4.93. The van der Waals surface area contributed by atoms with Crippen LogP contribution in [0.3, 0.4) is 0 Å². The number of aromatic nitrogens is 1. The first-order valence-electron chi connectivity index (χ1n) is 6.80. The van der Waals surface area contributed by atoms with Crippen molar-refractivity contribution in [3.63, 3.8) is 0 Å². The van der Waals surface area contributed by atoms with E-state index in [1.165, 1.54) is 37.0 Å². The highest BCUT2D eigenvalue weighted by atomic mass is 32.1. The second-order valence-electron chi connectivity index (χ2n) is 5.25. The number of amides is 1. The fourth-order valence-electron chi connectivity index (χ4n) is 2.81. The molecule has 1 saturated carbocycles. The van der Waals surface area contributed by atoms with Crippen LogP contribution in [0.5, 0.6) is 0 Å². The number of carbonyl (C=O) groups is 1. The van der Waals surface area contributed by atoms with Crippen molar-refractivity contribution in [2.24, 2.45) is 0 Å². The summed E-state index contributed by atoms with van der Waals surface area (Å²) >= 11 is 1.77. The Labute approximate surface area is 111 Å². The highest BCUT2D eigenvalue weighted by Gasteiger charge is 2.23. The predicted octanol–water partition coefficient (Wildman–Crippen LogP) is 2.49. The summed E-state index contributed by atoms with van der Waals surface area (Å²) in [7, 11) is 0. The van der Waals surface area contributed by atoms with Gasteiger partial charge >= 0.3 is 0 Å². The van der Waals surface area contributed by atoms with Gasteiger partial charge in [-0.3, -0.25) is 4.79 Å². The predicted molar refractivity (Wildman–Crippen MR) is 73.0 cm³/mol. The fraction of sp³-hybridized carbons (Fsp3) is 0.692. The van der Waals surface area contributed by atoms with Gasteiger partial charge in [-0.1, -0.05) is 19.3 Å². The lowest BCUT2D eigenvalue weighted by Crippen LogP contribution is -2.22. The Hall–Kier alpha value is -1.10. The van der Waals surface area contributed by atoms with Gasteiger partial charge in [-0.05, 0) is 18.8 Å². The molecule has 1 aliphatic heterocycles. The molecule has 2 fully saturated rings. The highest BCUT2D eigenvalue weighted by molar-refractivity contribution is 7.15. The number of hydrogen-bond acceptors (Lipinski definition) is 4. The minimum absolute atomic E-state index is 0.136. The first-order chi connectivity index (χ1) is 8.81. The zero-order valence-electron chi connectivity index (χ0n) is 10.4. The Morgan fingerprint density at radius 2 is 2.17 bits per heavy atom. The first kappa shape index (κ1) is 12.0. The second-order valence-corrected chi connectivity index (χ2v) is 6.31. The van der Waals surface area contributed by atoms with Crippen molar-refractivity contribution in [3.05, 3.63) is 11.1 Å². The molecule has 5 heteroatoms. The largest absolute Gasteiger partial charge is 0.356 e. The molecule has 18 heavy (non-hydrogen) atoms. The van der Waals surface area contributed by atoms with Crippen molar-refractivity contribution in [2.75, 3.05) is 11.9 Å². The molecular formula is C13H19N3OS. The summed E-state index contributed by atoms with van der Waals surface area (Å²) < 4.78 is 0. The maximum atomic E-state index is 11.1. The molecule has 4 nitrogen and oxygen atoms in total. The monoisotopic (exact) mass is 265 g/mol. The quantitative estimate of drug-likeness (QED) is 0.883. The molecule has 2 heterocycles. The third kappa shape index (κ3) is 2.66. The van der Waals surface area contributed by atoms with Gasteiger partial charge < -0.3 is 10.6 Å². The van der Waals surface area contributed by atoms with Crippen molar-refractivity contribution < 1.29 is 4.79 Å². The van der Waals surface area contributed by atoms with E-state index in [1.54, 1.807) is 11.3 Å². The van der Waals surface area contributed by atoms with E-state index in [2.05, 4.69) is 15.6 Å². The minimum Gasteiger partial charge on any atom is -0.356 e. The van der Waals surface area contributed by atoms with E-state index in [0.717, 1.165) is 17.6 Å². The van der Waals surface area contributed by atoms with Crippen LogP contribution in [0, 0.1) is 0 Å². The molecule has 1 saturated heterocycles. The molecule has 0 radical (unpaired) electrons. The van der Waals surface area contributed by atoms with E-state index in [0.29, 0.717) is 6.42 Å². The number of carbonyl (C=O) groups excluding carboxylic acids is 1. The Morgan fingerprint density at radius 1 is 1.33 bits per heavy atom. The molecule has 1 unspecified atom stereocenters. The van der Waals surface area contributed by atoms with E-state index >= 15 is 0 Å². The molecule has 1 aromatic heterocycles. The van der Waals surface area contributed by atoms with Crippen LogP contribution in [-0.4, -0.2) is 23.5 Å². The van der Waals surface area contributed by atoms with Gasteiger partial charge in [0.15, 0.2) is 5.13 Å². The standard InChI is InChI=1S/C13H19N3OS/c17-12-6-10(7-14-12)16-13-15-8-11(18-13)9-4-2-1-3-5-9/h8-10H,1-7H2,(H,14,17)(H,15,16). The van der Waals surface area contributed by atoms with Crippen molar-refractivity contribution >= 4 is 22.4 Å². The first-order valence-corrected chi connectivity index (χ1v) is 7.62. The van der Waals surface area contributed by atoms with Gasteiger partial charge in [-0.25, -0.2) is 4.98 Å². The molecule has 0 spiro atoms. The zero-order valence-corrected chi connectivity index (χ0v) is 11.3. The number of rotatable bonds is 3. The van der Waals surface area contributed by atoms with Gasteiger partial charge in [-0.15, -0.1) is 11.3 Å².